The van der Waals surface area contributed by atoms with Gasteiger partial charge in [0, 0.05) is 35.8 Å². The Morgan fingerprint density at radius 2 is 2.44 bits per heavy atom. The highest BCUT2D eigenvalue weighted by molar-refractivity contribution is 5.87. The molecule has 0 bridgehead atoms. The maximum absolute atomic E-state index is 13.0. The van der Waals surface area contributed by atoms with Crippen LogP contribution in [0.1, 0.15) is 49.1 Å². The number of hydrogen-bond acceptors (Lipinski definition) is 5. The van der Waals surface area contributed by atoms with E-state index in [1.807, 2.05) is 0 Å². The van der Waals surface area contributed by atoms with E-state index >= 15 is 0 Å². The van der Waals surface area contributed by atoms with Gasteiger partial charge in [-0.2, -0.15) is 0 Å². The second kappa shape index (κ2) is 6.54. The molecule has 2 unspecified atom stereocenters. The number of piperidine rings is 1. The van der Waals surface area contributed by atoms with Crippen LogP contribution in [0.15, 0.2) is 18.6 Å². The van der Waals surface area contributed by atoms with Gasteiger partial charge in [0.15, 0.2) is 0 Å². The van der Waals surface area contributed by atoms with E-state index in [0.29, 0.717) is 4.90 Å². The molecule has 2 atom stereocenters. The van der Waals surface area contributed by atoms with E-state index in [1.165, 1.54) is 33.0 Å². The lowest BCUT2D eigenvalue weighted by atomic mass is 9.92. The van der Waals surface area contributed by atoms with Crippen LogP contribution in [0.2, 0.25) is 0 Å². The maximum Gasteiger partial charge on any atom is 0.410 e. The molecule has 1 amide bonds. The zero-order valence-corrected chi connectivity index (χ0v) is 14.2. The minimum Gasteiger partial charge on any atom is -0.444 e. The first kappa shape index (κ1) is 8.38. The van der Waals surface area contributed by atoms with Crippen molar-refractivity contribution in [2.45, 2.75) is 45.7 Å². The van der Waals surface area contributed by atoms with Gasteiger partial charge in [-0.05, 0) is 39.2 Å². The summed E-state index contributed by atoms with van der Waals surface area (Å²) in [7, 11) is 0. The summed E-state index contributed by atoms with van der Waals surface area (Å²) in [6.45, 7) is -6.31. The van der Waals surface area contributed by atoms with E-state index in [0.717, 1.165) is 0 Å². The number of H-pyrrole nitrogens is 1. The van der Waals surface area contributed by atoms with Crippen LogP contribution in [0.5, 0.6) is 0 Å². The van der Waals surface area contributed by atoms with Crippen molar-refractivity contribution in [2.24, 2.45) is 5.89 Å². The minimum atomic E-state index is -3.50. The summed E-state index contributed by atoms with van der Waals surface area (Å²) in [5.74, 6) is -3.73. The summed E-state index contributed by atoms with van der Waals surface area (Å²) in [6.07, 6.45) is -1.38. The van der Waals surface area contributed by atoms with Crippen LogP contribution in [-0.2, 0) is 4.74 Å². The fraction of sp³-hybridized carbons (Fsp3) is 0.611. The fourth-order valence-corrected chi connectivity index (χ4v) is 2.32. The number of amides is 1. The van der Waals surface area contributed by atoms with Gasteiger partial charge in [-0.15, -0.1) is 0 Å². The van der Waals surface area contributed by atoms with Crippen molar-refractivity contribution < 1.29 is 24.6 Å². The second-order valence-corrected chi connectivity index (χ2v) is 6.54. The maximum atomic E-state index is 13.0. The number of nitrogens with one attached hydrogen (secondary N) is 1. The van der Waals surface area contributed by atoms with Crippen molar-refractivity contribution in [1.29, 1.82) is 0 Å². The normalized spacial score (nSPS) is 36.8. The molecule has 0 aliphatic carbocycles. The predicted octanol–water partition coefficient (Wildman–Crippen LogP) is 3.04. The number of carbonyl (C=O) groups excluding carboxylic acids is 1. The highest BCUT2D eigenvalue weighted by Gasteiger charge is 2.34. The number of aromatic amines is 1. The summed E-state index contributed by atoms with van der Waals surface area (Å²) in [5.41, 5.74) is -1.11. The van der Waals surface area contributed by atoms with E-state index in [9.17, 15) is 6.17 Å². The van der Waals surface area contributed by atoms with Crippen LogP contribution < -0.4 is 4.90 Å². The van der Waals surface area contributed by atoms with Crippen LogP contribution in [-0.4, -0.2) is 57.6 Å². The van der Waals surface area contributed by atoms with Gasteiger partial charge in [0.1, 0.15) is 24.7 Å². The second-order valence-electron chi connectivity index (χ2n) is 6.54. The molecule has 0 spiro atoms. The molecule has 2 aromatic rings. The molecule has 1 saturated heterocycles. The first-order chi connectivity index (χ1) is 16.1. The zero-order chi connectivity index (χ0) is 27.7. The third-order valence-corrected chi connectivity index (χ3v) is 3.45. The molecule has 0 saturated carbocycles. The van der Waals surface area contributed by atoms with E-state index in [-0.39, 0.29) is 15.9 Å². The monoisotopic (exact) mass is 356 g/mol. The van der Waals surface area contributed by atoms with Crippen molar-refractivity contribution in [2.75, 3.05) is 24.9 Å². The molecule has 1 fully saturated rings. The number of likely N-dealkylation sites (tertiary alicyclic amines) is 1. The highest BCUT2D eigenvalue weighted by atomic mass is 16.6. The molecular formula is C18H27N5O2. The van der Waals surface area contributed by atoms with Crippen LogP contribution in [0.25, 0.3) is 11.0 Å². The number of hydrogen-bond donors (Lipinski definition) is 1. The van der Waals surface area contributed by atoms with Gasteiger partial charge in [-0.3, -0.25) is 0 Å². The number of fused-ring (bicyclic) bond motifs is 1. The Hall–Kier alpha value is -2.31. The lowest BCUT2D eigenvalue weighted by molar-refractivity contribution is 0.0165. The number of likely N-dealkylation sites (N-methyl/N-ethyl adjacent to an activating group) is 1. The lowest BCUT2D eigenvalue weighted by Gasteiger charge is -2.42. The largest absolute Gasteiger partial charge is 0.444 e. The van der Waals surface area contributed by atoms with Gasteiger partial charge in [0.25, 0.3) is 0 Å². The van der Waals surface area contributed by atoms with E-state index in [2.05, 4.69) is 15.0 Å². The van der Waals surface area contributed by atoms with E-state index < -0.39 is 69.0 Å². The number of nitrogens with zero attached hydrogens (tertiary/aromatic N) is 4. The Labute approximate surface area is 163 Å². The summed E-state index contributed by atoms with van der Waals surface area (Å²) in [5, 5.41) is -0.0492. The van der Waals surface area contributed by atoms with Gasteiger partial charge in [-0.25, -0.2) is 14.8 Å². The summed E-state index contributed by atoms with van der Waals surface area (Å²) in [6, 6.07) is -2.19. The van der Waals surface area contributed by atoms with Crippen molar-refractivity contribution in [3.8, 4) is 0 Å². The Balaban J connectivity index is 2.39. The Bertz CT molecular complexity index is 1160. The summed E-state index contributed by atoms with van der Waals surface area (Å²) >= 11 is 0. The minimum absolute atomic E-state index is 0.0207. The Morgan fingerprint density at radius 3 is 3.16 bits per heavy atom. The average molecular weight is 357 g/mol. The number of anilines is 1. The van der Waals surface area contributed by atoms with Crippen molar-refractivity contribution >= 4 is 22.9 Å². The molecule has 3 heterocycles. The van der Waals surface area contributed by atoms with Gasteiger partial charge in [-0.1, -0.05) is 6.85 Å². The van der Waals surface area contributed by atoms with Crippen LogP contribution in [0.4, 0.5) is 10.6 Å². The standard InChI is InChI=1S/C18H27N5O2/c1-12-7-9-23(17(24)25-18(2,3)4)10-14(12)22(5)16-13-6-8-19-15(13)20-11-21-16/h6,8,11-12,14H,7,9-10H2,1-5H3,(H,19,20,21)/i1D3,5D3,10D2,11D,12D,14D. The zero-order valence-electron chi connectivity index (χ0n) is 25.2. The third-order valence-electron chi connectivity index (χ3n) is 3.45. The molecule has 3 rings (SSSR count). The number of carbonyl (C=O) groups is 1. The molecule has 2 aromatic heterocycles. The third kappa shape index (κ3) is 3.70. The van der Waals surface area contributed by atoms with Crippen molar-refractivity contribution in [3.63, 3.8) is 0 Å². The highest BCUT2D eigenvalue weighted by Crippen LogP contribution is 2.29. The predicted molar refractivity (Wildman–Crippen MR) is 97.7 cm³/mol. The SMILES string of the molecule is [2H]c1nc(N(C([2H])([2H])[2H])C2([2H])C([2H])([2H])N(C(=O)OC(C)(C)C)CCC2([2H])C([2H])([2H])[2H])c2cc[nH]c2n1. The van der Waals surface area contributed by atoms with E-state index in [4.69, 9.17) is 18.4 Å². The molecule has 0 aromatic carbocycles. The molecule has 1 aliphatic heterocycles. The van der Waals surface area contributed by atoms with Crippen LogP contribution >= 0.6 is 0 Å². The molecule has 1 aliphatic rings. The fourth-order valence-electron chi connectivity index (χ4n) is 2.32. The average Bonchev–Trinajstić information content (AvgIpc) is 3.11. The Kier molecular flexibility index (Phi) is 2.19. The first-order valence-electron chi connectivity index (χ1n) is 13.2. The lowest BCUT2D eigenvalue weighted by Crippen LogP contribution is -2.53. The summed E-state index contributed by atoms with van der Waals surface area (Å²) < 4.78 is 97.8. The quantitative estimate of drug-likeness (QED) is 0.895. The molecule has 136 valence electrons. The molecular weight excluding hydrogens is 318 g/mol. The number of ether oxygens (including phenoxy) is 1. The van der Waals surface area contributed by atoms with Crippen LogP contribution in [0, 0.1) is 5.89 Å². The molecule has 0 radical (unpaired) electrons. The molecule has 7 nitrogen and oxygen atoms in total. The molecule has 1 N–H and O–H groups in total. The summed E-state index contributed by atoms with van der Waals surface area (Å²) in [4.78, 5) is 23.8. The van der Waals surface area contributed by atoms with Crippen molar-refractivity contribution in [3.05, 3.63) is 18.6 Å². The Morgan fingerprint density at radius 1 is 1.60 bits per heavy atom. The number of rotatable bonds is 2. The number of aromatic nitrogens is 3. The molecule has 25 heavy (non-hydrogen) atoms. The van der Waals surface area contributed by atoms with Crippen molar-refractivity contribution in [1.82, 2.24) is 19.9 Å². The smallest absolute Gasteiger partial charge is 0.410 e. The van der Waals surface area contributed by atoms with Gasteiger partial charge in [0.05, 0.1) is 15.5 Å². The molecule has 7 heteroatoms. The topological polar surface area (TPSA) is 74.3 Å². The van der Waals surface area contributed by atoms with Gasteiger partial charge >= 0.3 is 6.09 Å². The van der Waals surface area contributed by atoms with E-state index in [1.54, 1.807) is 0 Å². The van der Waals surface area contributed by atoms with Crippen LogP contribution in [0.3, 0.4) is 0 Å². The van der Waals surface area contributed by atoms with Gasteiger partial charge < -0.3 is 19.5 Å². The first-order valence-corrected chi connectivity index (χ1v) is 7.71. The van der Waals surface area contributed by atoms with Gasteiger partial charge in [0.2, 0.25) is 0 Å².